The first-order valence-electron chi connectivity index (χ1n) is 10.1. The van der Waals surface area contributed by atoms with Gasteiger partial charge < -0.3 is 9.32 Å². The Labute approximate surface area is 160 Å². The molecular formula is C21H28N4O2. The Morgan fingerprint density at radius 3 is 2.59 bits per heavy atom. The Balaban J connectivity index is 1.36. The molecule has 0 spiro atoms. The molecule has 0 N–H and O–H groups in total. The van der Waals surface area contributed by atoms with Crippen molar-refractivity contribution in [2.45, 2.75) is 51.0 Å². The zero-order valence-corrected chi connectivity index (χ0v) is 16.0. The standard InChI is InChI=1S/C21H28N4O2/c1-16(24-11-3-2-4-12-24)19-5-6-20(27-19)21(26)25-13-8-17(9-14-25)18-7-10-22-15-23-18/h5-7,10,15-17H,2-4,8-9,11-14H2,1H3/t16-/m1/s1. The second kappa shape index (κ2) is 8.21. The summed E-state index contributed by atoms with van der Waals surface area (Å²) in [7, 11) is 0. The lowest BCUT2D eigenvalue weighted by molar-refractivity contribution is 0.0672. The van der Waals surface area contributed by atoms with Crippen LogP contribution in [0.3, 0.4) is 0 Å². The molecule has 2 aromatic heterocycles. The summed E-state index contributed by atoms with van der Waals surface area (Å²) in [5.74, 6) is 1.78. The van der Waals surface area contributed by atoms with Gasteiger partial charge in [0, 0.05) is 30.9 Å². The van der Waals surface area contributed by atoms with Crippen LogP contribution in [0, 0.1) is 0 Å². The maximum Gasteiger partial charge on any atom is 0.289 e. The molecule has 0 bridgehead atoms. The number of furan rings is 1. The van der Waals surface area contributed by atoms with Crippen molar-refractivity contribution in [2.75, 3.05) is 26.2 Å². The minimum Gasteiger partial charge on any atom is -0.454 e. The third-order valence-electron chi connectivity index (χ3n) is 5.99. The number of aromatic nitrogens is 2. The van der Waals surface area contributed by atoms with Gasteiger partial charge in [0.25, 0.3) is 5.91 Å². The van der Waals surface area contributed by atoms with Gasteiger partial charge in [0.1, 0.15) is 12.1 Å². The Hall–Kier alpha value is -2.21. The lowest BCUT2D eigenvalue weighted by Crippen LogP contribution is -2.38. The van der Waals surface area contributed by atoms with E-state index in [0.29, 0.717) is 11.7 Å². The monoisotopic (exact) mass is 368 g/mol. The fourth-order valence-electron chi connectivity index (χ4n) is 4.25. The van der Waals surface area contributed by atoms with Crippen LogP contribution >= 0.6 is 0 Å². The van der Waals surface area contributed by atoms with Crippen LogP contribution < -0.4 is 0 Å². The Bertz CT molecular complexity index is 747. The Morgan fingerprint density at radius 2 is 1.89 bits per heavy atom. The maximum absolute atomic E-state index is 12.8. The Kier molecular flexibility index (Phi) is 5.53. The summed E-state index contributed by atoms with van der Waals surface area (Å²) < 4.78 is 5.97. The van der Waals surface area contributed by atoms with E-state index in [9.17, 15) is 4.79 Å². The van der Waals surface area contributed by atoms with Crippen molar-refractivity contribution in [3.8, 4) is 0 Å². The molecule has 2 aromatic rings. The number of carbonyl (C=O) groups excluding carboxylic acids is 1. The predicted molar refractivity (Wildman–Crippen MR) is 102 cm³/mol. The molecule has 0 unspecified atom stereocenters. The van der Waals surface area contributed by atoms with Crippen molar-refractivity contribution < 1.29 is 9.21 Å². The van der Waals surface area contributed by atoms with Gasteiger partial charge >= 0.3 is 0 Å². The first-order valence-corrected chi connectivity index (χ1v) is 10.1. The number of nitrogens with zero attached hydrogens (tertiary/aromatic N) is 4. The first kappa shape index (κ1) is 18.2. The topological polar surface area (TPSA) is 62.5 Å². The van der Waals surface area contributed by atoms with Crippen LogP contribution in [-0.4, -0.2) is 51.9 Å². The zero-order chi connectivity index (χ0) is 18.6. The van der Waals surface area contributed by atoms with Gasteiger partial charge in [-0.1, -0.05) is 6.42 Å². The van der Waals surface area contributed by atoms with Gasteiger partial charge in [0.15, 0.2) is 5.76 Å². The molecule has 1 amide bonds. The summed E-state index contributed by atoms with van der Waals surface area (Å²) in [6.45, 7) is 5.88. The summed E-state index contributed by atoms with van der Waals surface area (Å²) in [6, 6.07) is 6.02. The van der Waals surface area contributed by atoms with Gasteiger partial charge in [-0.25, -0.2) is 9.97 Å². The number of hydrogen-bond donors (Lipinski definition) is 0. The highest BCUT2D eigenvalue weighted by Gasteiger charge is 2.28. The highest BCUT2D eigenvalue weighted by atomic mass is 16.4. The Morgan fingerprint density at radius 1 is 1.11 bits per heavy atom. The number of likely N-dealkylation sites (tertiary alicyclic amines) is 2. The molecule has 0 aromatic carbocycles. The van der Waals surface area contributed by atoms with Crippen LogP contribution in [0.4, 0.5) is 0 Å². The van der Waals surface area contributed by atoms with Crippen molar-refractivity contribution in [2.24, 2.45) is 0 Å². The van der Waals surface area contributed by atoms with E-state index in [-0.39, 0.29) is 11.9 Å². The smallest absolute Gasteiger partial charge is 0.289 e. The normalized spacial score (nSPS) is 20.6. The first-order chi connectivity index (χ1) is 13.2. The second-order valence-corrected chi connectivity index (χ2v) is 7.68. The summed E-state index contributed by atoms with van der Waals surface area (Å²) in [5.41, 5.74) is 1.08. The number of piperidine rings is 2. The van der Waals surface area contributed by atoms with Gasteiger partial charge in [0.2, 0.25) is 0 Å². The van der Waals surface area contributed by atoms with Crippen LogP contribution in [0.2, 0.25) is 0 Å². The van der Waals surface area contributed by atoms with Crippen LogP contribution in [0.5, 0.6) is 0 Å². The molecule has 6 nitrogen and oxygen atoms in total. The summed E-state index contributed by atoms with van der Waals surface area (Å²) in [5, 5.41) is 0. The molecule has 2 aliphatic rings. The third kappa shape index (κ3) is 4.05. The molecule has 0 saturated carbocycles. The van der Waals surface area contributed by atoms with Gasteiger partial charge in [-0.3, -0.25) is 9.69 Å². The van der Waals surface area contributed by atoms with Crippen molar-refractivity contribution in [3.63, 3.8) is 0 Å². The average molecular weight is 368 g/mol. The summed E-state index contributed by atoms with van der Waals surface area (Å²) in [4.78, 5) is 25.5. The zero-order valence-electron chi connectivity index (χ0n) is 16.0. The van der Waals surface area contributed by atoms with Crippen LogP contribution in [-0.2, 0) is 0 Å². The van der Waals surface area contributed by atoms with Gasteiger partial charge in [-0.05, 0) is 63.9 Å². The van der Waals surface area contributed by atoms with Crippen LogP contribution in [0.25, 0.3) is 0 Å². The molecule has 27 heavy (non-hydrogen) atoms. The highest BCUT2D eigenvalue weighted by molar-refractivity contribution is 5.91. The fraction of sp³-hybridized carbons (Fsp3) is 0.571. The molecule has 6 heteroatoms. The van der Waals surface area contributed by atoms with Crippen LogP contribution in [0.15, 0.2) is 35.1 Å². The van der Waals surface area contributed by atoms with E-state index >= 15 is 0 Å². The highest BCUT2D eigenvalue weighted by Crippen LogP contribution is 2.29. The maximum atomic E-state index is 12.8. The van der Waals surface area contributed by atoms with E-state index < -0.39 is 0 Å². The van der Waals surface area contributed by atoms with Crippen molar-refractivity contribution in [3.05, 3.63) is 47.9 Å². The summed E-state index contributed by atoms with van der Waals surface area (Å²) >= 11 is 0. The van der Waals surface area contributed by atoms with Crippen molar-refractivity contribution >= 4 is 5.91 Å². The molecule has 0 radical (unpaired) electrons. The van der Waals surface area contributed by atoms with Crippen molar-refractivity contribution in [1.82, 2.24) is 19.8 Å². The molecule has 2 aliphatic heterocycles. The molecular weight excluding hydrogens is 340 g/mol. The number of carbonyl (C=O) groups is 1. The molecule has 4 heterocycles. The number of amides is 1. The number of rotatable bonds is 4. The summed E-state index contributed by atoms with van der Waals surface area (Å²) in [6.07, 6.45) is 9.06. The molecule has 2 fully saturated rings. The predicted octanol–water partition coefficient (Wildman–Crippen LogP) is 3.64. The minimum atomic E-state index is 0.00762. The molecule has 144 valence electrons. The molecule has 1 atom stereocenters. The van der Waals surface area contributed by atoms with E-state index in [4.69, 9.17) is 4.42 Å². The quantitative estimate of drug-likeness (QED) is 0.824. The van der Waals surface area contributed by atoms with Gasteiger partial charge in [-0.2, -0.15) is 0 Å². The van der Waals surface area contributed by atoms with E-state index in [1.54, 1.807) is 12.5 Å². The largest absolute Gasteiger partial charge is 0.454 e. The van der Waals surface area contributed by atoms with E-state index in [0.717, 1.165) is 50.5 Å². The second-order valence-electron chi connectivity index (χ2n) is 7.68. The van der Waals surface area contributed by atoms with Gasteiger partial charge in [0.05, 0.1) is 6.04 Å². The number of hydrogen-bond acceptors (Lipinski definition) is 5. The van der Waals surface area contributed by atoms with Gasteiger partial charge in [-0.15, -0.1) is 0 Å². The lowest BCUT2D eigenvalue weighted by Gasteiger charge is -2.31. The fourth-order valence-corrected chi connectivity index (χ4v) is 4.25. The molecule has 0 aliphatic carbocycles. The van der Waals surface area contributed by atoms with Crippen LogP contribution in [0.1, 0.15) is 73.0 Å². The third-order valence-corrected chi connectivity index (χ3v) is 5.99. The van der Waals surface area contributed by atoms with E-state index in [1.807, 2.05) is 23.1 Å². The SMILES string of the molecule is C[C@H](c1ccc(C(=O)N2CCC(c3ccncn3)CC2)o1)N1CCCCC1. The minimum absolute atomic E-state index is 0.00762. The van der Waals surface area contributed by atoms with E-state index in [1.165, 1.54) is 19.3 Å². The molecule has 4 rings (SSSR count). The molecule has 2 saturated heterocycles. The lowest BCUT2D eigenvalue weighted by atomic mass is 9.93. The van der Waals surface area contributed by atoms with E-state index in [2.05, 4.69) is 21.8 Å². The average Bonchev–Trinajstić information content (AvgIpc) is 3.24. The van der Waals surface area contributed by atoms with Crippen molar-refractivity contribution in [1.29, 1.82) is 0 Å².